The number of aromatic nitrogens is 1. The van der Waals surface area contributed by atoms with Crippen LogP contribution in [-0.4, -0.2) is 14.7 Å². The number of alkyl halides is 3. The number of amides is 1. The summed E-state index contributed by atoms with van der Waals surface area (Å²) >= 11 is 0. The van der Waals surface area contributed by atoms with Gasteiger partial charge in [-0.3, -0.25) is 13.8 Å². The van der Waals surface area contributed by atoms with Crippen LogP contribution < -0.4 is 10.9 Å². The average molecular weight is 448 g/mol. The topological polar surface area (TPSA) is 68.2 Å². The first kappa shape index (κ1) is 22.5. The highest BCUT2D eigenvalue weighted by molar-refractivity contribution is 7.83. The van der Waals surface area contributed by atoms with E-state index in [1.165, 1.54) is 0 Å². The van der Waals surface area contributed by atoms with Gasteiger partial charge >= 0.3 is 6.18 Å². The summed E-state index contributed by atoms with van der Waals surface area (Å²) in [5.74, 6) is 0.0330. The van der Waals surface area contributed by atoms with Gasteiger partial charge in [0.05, 0.1) is 5.56 Å². The molecule has 3 aromatic rings. The van der Waals surface area contributed by atoms with Gasteiger partial charge in [0.15, 0.2) is 0 Å². The lowest BCUT2D eigenvalue weighted by atomic mass is 10.2. The van der Waals surface area contributed by atoms with Crippen molar-refractivity contribution in [2.24, 2.45) is 0 Å². The molecular formula is C22H19F3N2O3S. The molecule has 162 valence electrons. The zero-order chi connectivity index (χ0) is 22.4. The van der Waals surface area contributed by atoms with Crippen LogP contribution in [0.2, 0.25) is 0 Å². The van der Waals surface area contributed by atoms with Crippen molar-refractivity contribution in [3.63, 3.8) is 0 Å². The first-order chi connectivity index (χ1) is 14.7. The maximum Gasteiger partial charge on any atom is 0.417 e. The molecule has 0 aliphatic heterocycles. The molecule has 0 spiro atoms. The minimum Gasteiger partial charge on any atom is -0.325 e. The summed E-state index contributed by atoms with van der Waals surface area (Å²) < 4.78 is 51.6. The SMILES string of the molecule is O=C(Cn1cc(C(F)(F)F)ccc1=O)Nc1cccc(CS(=O)Cc2ccccc2)c1. The number of nitrogens with zero attached hydrogens (tertiary/aromatic N) is 1. The fraction of sp³-hybridized carbons (Fsp3) is 0.182. The predicted octanol–water partition coefficient (Wildman–Crippen LogP) is 3.95. The number of pyridine rings is 1. The van der Waals surface area contributed by atoms with Crippen LogP contribution in [0.15, 0.2) is 77.7 Å². The van der Waals surface area contributed by atoms with E-state index in [4.69, 9.17) is 0 Å². The first-order valence-corrected chi connectivity index (χ1v) is 10.7. The Balaban J connectivity index is 1.64. The largest absolute Gasteiger partial charge is 0.417 e. The number of rotatable bonds is 7. The van der Waals surface area contributed by atoms with Crippen LogP contribution >= 0.6 is 0 Å². The van der Waals surface area contributed by atoms with Gasteiger partial charge in [0.2, 0.25) is 5.91 Å². The zero-order valence-corrected chi connectivity index (χ0v) is 17.1. The summed E-state index contributed by atoms with van der Waals surface area (Å²) in [5, 5.41) is 2.56. The van der Waals surface area contributed by atoms with Crippen molar-refractivity contribution >= 4 is 22.4 Å². The van der Waals surface area contributed by atoms with Crippen molar-refractivity contribution in [1.82, 2.24) is 4.57 Å². The Morgan fingerprint density at radius 1 is 0.935 bits per heavy atom. The van der Waals surface area contributed by atoms with Gasteiger partial charge in [-0.15, -0.1) is 0 Å². The average Bonchev–Trinajstić information content (AvgIpc) is 2.69. The van der Waals surface area contributed by atoms with E-state index in [1.54, 1.807) is 24.3 Å². The summed E-state index contributed by atoms with van der Waals surface area (Å²) in [5.41, 5.74) is 0.371. The lowest BCUT2D eigenvalue weighted by Crippen LogP contribution is -2.28. The molecule has 0 radical (unpaired) electrons. The third-order valence-electron chi connectivity index (χ3n) is 4.33. The van der Waals surface area contributed by atoms with Gasteiger partial charge in [0, 0.05) is 40.3 Å². The van der Waals surface area contributed by atoms with E-state index in [9.17, 15) is 27.0 Å². The number of carbonyl (C=O) groups is 1. The smallest absolute Gasteiger partial charge is 0.325 e. The van der Waals surface area contributed by atoms with Crippen molar-refractivity contribution in [3.8, 4) is 0 Å². The molecule has 5 nitrogen and oxygen atoms in total. The van der Waals surface area contributed by atoms with Crippen LogP contribution in [0, 0.1) is 0 Å². The van der Waals surface area contributed by atoms with Crippen LogP contribution in [-0.2, 0) is 39.8 Å². The van der Waals surface area contributed by atoms with E-state index in [-0.39, 0.29) is 5.75 Å². The molecule has 1 heterocycles. The number of carbonyl (C=O) groups excluding carboxylic acids is 1. The van der Waals surface area contributed by atoms with E-state index in [0.29, 0.717) is 28.3 Å². The molecule has 0 saturated heterocycles. The molecule has 31 heavy (non-hydrogen) atoms. The van der Waals surface area contributed by atoms with Gasteiger partial charge < -0.3 is 9.88 Å². The summed E-state index contributed by atoms with van der Waals surface area (Å²) in [7, 11) is -1.15. The van der Waals surface area contributed by atoms with E-state index in [2.05, 4.69) is 5.32 Å². The molecule has 9 heteroatoms. The molecule has 1 N–H and O–H groups in total. The van der Waals surface area contributed by atoms with E-state index in [1.807, 2.05) is 30.3 Å². The summed E-state index contributed by atoms with van der Waals surface area (Å²) in [6.07, 6.45) is -4.00. The Bertz CT molecular complexity index is 1140. The zero-order valence-electron chi connectivity index (χ0n) is 16.3. The lowest BCUT2D eigenvalue weighted by Gasteiger charge is -2.11. The van der Waals surface area contributed by atoms with Gasteiger partial charge in [-0.05, 0) is 29.3 Å². The summed E-state index contributed by atoms with van der Waals surface area (Å²) in [6, 6.07) is 17.6. The monoisotopic (exact) mass is 448 g/mol. The van der Waals surface area contributed by atoms with Crippen LogP contribution in [0.4, 0.5) is 18.9 Å². The maximum absolute atomic E-state index is 12.8. The summed E-state index contributed by atoms with van der Waals surface area (Å²) in [4.78, 5) is 24.1. The van der Waals surface area contributed by atoms with Gasteiger partial charge in [0.1, 0.15) is 6.54 Å². The number of halogens is 3. The molecule has 3 rings (SSSR count). The van der Waals surface area contributed by atoms with E-state index >= 15 is 0 Å². The van der Waals surface area contributed by atoms with Crippen molar-refractivity contribution in [2.75, 3.05) is 5.32 Å². The highest BCUT2D eigenvalue weighted by Gasteiger charge is 2.31. The second-order valence-electron chi connectivity index (χ2n) is 6.84. The molecule has 0 aliphatic carbocycles. The van der Waals surface area contributed by atoms with Gasteiger partial charge in [-0.1, -0.05) is 42.5 Å². The molecule has 0 saturated carbocycles. The minimum absolute atomic E-state index is 0.283. The molecule has 1 atom stereocenters. The molecule has 1 aromatic heterocycles. The Morgan fingerprint density at radius 2 is 1.61 bits per heavy atom. The molecule has 0 aliphatic rings. The normalized spacial score (nSPS) is 12.4. The van der Waals surface area contributed by atoms with Crippen molar-refractivity contribution in [3.05, 3.63) is 100.0 Å². The van der Waals surface area contributed by atoms with Crippen molar-refractivity contribution < 1.29 is 22.2 Å². The Hall–Kier alpha value is -3.20. The number of hydrogen-bond acceptors (Lipinski definition) is 3. The molecule has 1 unspecified atom stereocenters. The molecular weight excluding hydrogens is 429 g/mol. The predicted molar refractivity (Wildman–Crippen MR) is 113 cm³/mol. The van der Waals surface area contributed by atoms with Gasteiger partial charge in [0.25, 0.3) is 5.56 Å². The lowest BCUT2D eigenvalue weighted by molar-refractivity contribution is -0.138. The number of nitrogens with one attached hydrogen (secondary N) is 1. The standard InChI is InChI=1S/C22H19F3N2O3S/c23-22(24,25)18-9-10-21(29)27(12-18)13-20(28)26-19-8-4-7-17(11-19)15-31(30)14-16-5-2-1-3-6-16/h1-12H,13-15H2,(H,26,28). The first-order valence-electron chi connectivity index (χ1n) is 9.26. The Morgan fingerprint density at radius 3 is 2.32 bits per heavy atom. The van der Waals surface area contributed by atoms with Crippen molar-refractivity contribution in [1.29, 1.82) is 0 Å². The van der Waals surface area contributed by atoms with Crippen LogP contribution in [0.1, 0.15) is 16.7 Å². The molecule has 0 fully saturated rings. The van der Waals surface area contributed by atoms with Gasteiger partial charge in [-0.2, -0.15) is 13.2 Å². The maximum atomic E-state index is 12.8. The third kappa shape index (κ3) is 6.65. The quantitative estimate of drug-likeness (QED) is 0.595. The molecule has 1 amide bonds. The van der Waals surface area contributed by atoms with Crippen molar-refractivity contribution in [2.45, 2.75) is 24.2 Å². The Kier molecular flexibility index (Phi) is 7.06. The fourth-order valence-electron chi connectivity index (χ4n) is 2.91. The van der Waals surface area contributed by atoms with Crippen LogP contribution in [0.25, 0.3) is 0 Å². The molecule has 2 aromatic carbocycles. The second kappa shape index (κ2) is 9.74. The molecule has 0 bridgehead atoms. The third-order valence-corrected chi connectivity index (χ3v) is 5.64. The van der Waals surface area contributed by atoms with E-state index < -0.39 is 40.6 Å². The fourth-order valence-corrected chi connectivity index (χ4v) is 4.13. The highest BCUT2D eigenvalue weighted by Crippen LogP contribution is 2.28. The highest BCUT2D eigenvalue weighted by atomic mass is 32.2. The van der Waals surface area contributed by atoms with Crippen LogP contribution in [0.5, 0.6) is 0 Å². The Labute approximate surface area is 179 Å². The van der Waals surface area contributed by atoms with E-state index in [0.717, 1.165) is 17.2 Å². The minimum atomic E-state index is -4.62. The van der Waals surface area contributed by atoms with Gasteiger partial charge in [-0.25, -0.2) is 0 Å². The number of hydrogen-bond donors (Lipinski definition) is 1. The number of benzene rings is 2. The number of anilines is 1. The summed E-state index contributed by atoms with van der Waals surface area (Å²) in [6.45, 7) is -0.563. The second-order valence-corrected chi connectivity index (χ2v) is 8.30. The van der Waals surface area contributed by atoms with Crippen LogP contribution in [0.3, 0.4) is 0 Å².